The lowest BCUT2D eigenvalue weighted by atomic mass is 10.2. The molecule has 6 nitrogen and oxygen atoms in total. The summed E-state index contributed by atoms with van der Waals surface area (Å²) in [4.78, 5) is 35.9. The number of aromatic nitrogens is 2. The van der Waals surface area contributed by atoms with Crippen LogP contribution in [0.1, 0.15) is 12.6 Å². The second-order valence-corrected chi connectivity index (χ2v) is 10.8. The summed E-state index contributed by atoms with van der Waals surface area (Å²) in [5.41, 5.74) is 2.35. The van der Waals surface area contributed by atoms with Crippen molar-refractivity contribution in [3.8, 4) is 5.69 Å². The number of halogens is 1. The van der Waals surface area contributed by atoms with Crippen LogP contribution in [0.25, 0.3) is 5.69 Å². The van der Waals surface area contributed by atoms with E-state index in [1.807, 2.05) is 23.1 Å². The molecule has 176 valence electrons. The summed E-state index contributed by atoms with van der Waals surface area (Å²) in [6.45, 7) is 4.95. The molecule has 34 heavy (non-hydrogen) atoms. The Bertz CT molecular complexity index is 1240. The molecule has 1 aromatic heterocycles. The Balaban J connectivity index is 1.32. The first-order valence-electron chi connectivity index (χ1n) is 11.3. The Morgan fingerprint density at radius 1 is 1.06 bits per heavy atom. The molecule has 3 heterocycles. The molecule has 2 aliphatic rings. The van der Waals surface area contributed by atoms with Gasteiger partial charge < -0.3 is 9.80 Å². The first kappa shape index (κ1) is 23.0. The van der Waals surface area contributed by atoms with Crippen LogP contribution in [0.15, 0.2) is 69.4 Å². The van der Waals surface area contributed by atoms with Crippen molar-refractivity contribution in [2.45, 2.75) is 28.6 Å². The Hall–Kier alpha value is -2.78. The summed E-state index contributed by atoms with van der Waals surface area (Å²) in [7, 11) is 0. The largest absolute Gasteiger partial charge is 0.368 e. The maximum atomic E-state index is 13.5. The van der Waals surface area contributed by atoms with Crippen LogP contribution in [-0.2, 0) is 11.2 Å². The lowest BCUT2D eigenvalue weighted by Gasteiger charge is -2.36. The molecule has 1 atom stereocenters. The van der Waals surface area contributed by atoms with Crippen molar-refractivity contribution < 1.29 is 9.18 Å². The molecule has 0 radical (unpaired) electrons. The third kappa shape index (κ3) is 4.72. The van der Waals surface area contributed by atoms with E-state index in [-0.39, 0.29) is 28.3 Å². The lowest BCUT2D eigenvalue weighted by molar-refractivity contribution is -0.128. The van der Waals surface area contributed by atoms with Gasteiger partial charge in [0.15, 0.2) is 5.16 Å². The van der Waals surface area contributed by atoms with E-state index in [2.05, 4.69) is 24.0 Å². The molecule has 1 unspecified atom stereocenters. The van der Waals surface area contributed by atoms with E-state index in [4.69, 9.17) is 4.98 Å². The van der Waals surface area contributed by atoms with Gasteiger partial charge in [-0.1, -0.05) is 36.9 Å². The predicted molar refractivity (Wildman–Crippen MR) is 135 cm³/mol. The van der Waals surface area contributed by atoms with Gasteiger partial charge in [-0.05, 0) is 36.4 Å². The topological polar surface area (TPSA) is 58.4 Å². The van der Waals surface area contributed by atoms with Crippen molar-refractivity contribution in [2.75, 3.05) is 36.8 Å². The normalized spacial score (nSPS) is 17.6. The van der Waals surface area contributed by atoms with Crippen LogP contribution in [0.3, 0.4) is 0 Å². The van der Waals surface area contributed by atoms with Gasteiger partial charge in [0.25, 0.3) is 5.56 Å². The molecule has 0 spiro atoms. The molecule has 2 aliphatic heterocycles. The van der Waals surface area contributed by atoms with Gasteiger partial charge in [0.2, 0.25) is 5.91 Å². The number of carbonyl (C=O) groups excluding carboxylic acids is 1. The maximum absolute atomic E-state index is 13.5. The van der Waals surface area contributed by atoms with Gasteiger partial charge in [0, 0.05) is 43.5 Å². The number of rotatable bonds is 5. The van der Waals surface area contributed by atoms with E-state index in [1.165, 1.54) is 45.9 Å². The van der Waals surface area contributed by atoms with Crippen LogP contribution >= 0.6 is 23.5 Å². The number of fused-ring (bicyclic) bond motifs is 1. The summed E-state index contributed by atoms with van der Waals surface area (Å²) in [5.74, 6) is -0.144. The van der Waals surface area contributed by atoms with E-state index in [0.717, 1.165) is 25.2 Å². The van der Waals surface area contributed by atoms with Crippen LogP contribution in [0.5, 0.6) is 0 Å². The first-order valence-corrected chi connectivity index (χ1v) is 13.2. The summed E-state index contributed by atoms with van der Waals surface area (Å²) in [6.07, 6.45) is 0.725. The minimum atomic E-state index is -0.368. The lowest BCUT2D eigenvalue weighted by Crippen LogP contribution is -2.49. The third-order valence-electron chi connectivity index (χ3n) is 6.04. The Kier molecular flexibility index (Phi) is 6.65. The van der Waals surface area contributed by atoms with Crippen LogP contribution in [0.2, 0.25) is 0 Å². The van der Waals surface area contributed by atoms with Crippen molar-refractivity contribution >= 4 is 35.1 Å². The highest BCUT2D eigenvalue weighted by Gasteiger charge is 2.28. The number of hydrogen-bond acceptors (Lipinski definition) is 6. The zero-order valence-electron chi connectivity index (χ0n) is 18.8. The Morgan fingerprint density at radius 2 is 1.76 bits per heavy atom. The number of amides is 1. The molecule has 0 N–H and O–H groups in total. The van der Waals surface area contributed by atoms with E-state index < -0.39 is 0 Å². The van der Waals surface area contributed by atoms with E-state index >= 15 is 0 Å². The zero-order chi connectivity index (χ0) is 23.7. The predicted octanol–water partition coefficient (Wildman–Crippen LogP) is 3.85. The minimum absolute atomic E-state index is 0.0286. The number of piperazine rings is 1. The van der Waals surface area contributed by atoms with Crippen LogP contribution in [-0.4, -0.2) is 57.5 Å². The van der Waals surface area contributed by atoms with Crippen molar-refractivity contribution in [3.05, 3.63) is 76.5 Å². The fraction of sp³-hybridized carbons (Fsp3) is 0.320. The average molecular weight is 497 g/mol. The van der Waals surface area contributed by atoms with Crippen molar-refractivity contribution in [3.63, 3.8) is 0 Å². The Morgan fingerprint density at radius 3 is 2.47 bits per heavy atom. The van der Waals surface area contributed by atoms with Crippen LogP contribution in [0.4, 0.5) is 10.1 Å². The van der Waals surface area contributed by atoms with Crippen molar-refractivity contribution in [1.82, 2.24) is 14.5 Å². The number of anilines is 1. The monoisotopic (exact) mass is 496 g/mol. The molecule has 0 saturated carbocycles. The van der Waals surface area contributed by atoms with Gasteiger partial charge in [0.05, 0.1) is 22.0 Å². The summed E-state index contributed by atoms with van der Waals surface area (Å²) in [5, 5.41) is 0.751. The summed E-state index contributed by atoms with van der Waals surface area (Å²) in [6, 6.07) is 16.0. The maximum Gasteiger partial charge on any atom is 0.272 e. The number of carbonyl (C=O) groups is 1. The highest BCUT2D eigenvalue weighted by Crippen LogP contribution is 2.35. The fourth-order valence-corrected chi connectivity index (χ4v) is 6.31. The number of hydrogen-bond donors (Lipinski definition) is 0. The standard InChI is InChI=1S/C25H25FN4O2S2/c1-17-15-21-23(34-17)24(32)30(20-9-7-18(26)8-10-20)25(27-21)33-16-22(31)29-13-11-28(12-14-29)19-5-3-2-4-6-19/h2-10,17H,11-16H2,1H3. The third-order valence-corrected chi connectivity index (χ3v) is 8.18. The highest BCUT2D eigenvalue weighted by atomic mass is 32.2. The van der Waals surface area contributed by atoms with Gasteiger partial charge >= 0.3 is 0 Å². The SMILES string of the molecule is CC1Cc2nc(SCC(=O)N3CCN(c4ccccc4)CC3)n(-c3ccc(F)cc3)c(=O)c2S1. The molecule has 1 saturated heterocycles. The van der Waals surface area contributed by atoms with Crippen molar-refractivity contribution in [1.29, 1.82) is 0 Å². The molecule has 1 fully saturated rings. The first-order chi connectivity index (χ1) is 16.5. The number of benzene rings is 2. The molecule has 3 aromatic rings. The average Bonchev–Trinajstić information content (AvgIpc) is 3.24. The van der Waals surface area contributed by atoms with Gasteiger partial charge in [-0.25, -0.2) is 9.37 Å². The molecule has 2 aromatic carbocycles. The van der Waals surface area contributed by atoms with Crippen LogP contribution < -0.4 is 10.5 Å². The molecule has 0 aliphatic carbocycles. The van der Waals surface area contributed by atoms with Gasteiger partial charge in [-0.2, -0.15) is 0 Å². The smallest absolute Gasteiger partial charge is 0.272 e. The second-order valence-electron chi connectivity index (χ2n) is 8.41. The number of nitrogens with zero attached hydrogens (tertiary/aromatic N) is 4. The highest BCUT2D eigenvalue weighted by molar-refractivity contribution is 8.00. The van der Waals surface area contributed by atoms with Gasteiger partial charge in [-0.3, -0.25) is 14.2 Å². The molecule has 1 amide bonds. The van der Waals surface area contributed by atoms with Gasteiger partial charge in [-0.15, -0.1) is 11.8 Å². The summed E-state index contributed by atoms with van der Waals surface area (Å²) >= 11 is 2.80. The summed E-state index contributed by atoms with van der Waals surface area (Å²) < 4.78 is 15.0. The minimum Gasteiger partial charge on any atom is -0.368 e. The zero-order valence-corrected chi connectivity index (χ0v) is 20.4. The van der Waals surface area contributed by atoms with E-state index in [9.17, 15) is 14.0 Å². The van der Waals surface area contributed by atoms with E-state index in [1.54, 1.807) is 12.1 Å². The number of thioether (sulfide) groups is 2. The Labute approximate surface area is 206 Å². The fourth-order valence-electron chi connectivity index (χ4n) is 4.29. The van der Waals surface area contributed by atoms with Crippen LogP contribution in [0, 0.1) is 5.82 Å². The molecule has 9 heteroatoms. The molecular formula is C25H25FN4O2S2. The molecule has 0 bridgehead atoms. The quantitative estimate of drug-likeness (QED) is 0.395. The molecule has 5 rings (SSSR count). The molecular weight excluding hydrogens is 471 g/mol. The van der Waals surface area contributed by atoms with E-state index in [0.29, 0.717) is 28.8 Å². The number of para-hydroxylation sites is 1. The van der Waals surface area contributed by atoms with Gasteiger partial charge in [0.1, 0.15) is 5.82 Å². The van der Waals surface area contributed by atoms with Crippen molar-refractivity contribution in [2.24, 2.45) is 0 Å². The second kappa shape index (κ2) is 9.84.